The van der Waals surface area contributed by atoms with Gasteiger partial charge in [0.05, 0.1) is 12.3 Å². The van der Waals surface area contributed by atoms with Gasteiger partial charge in [0, 0.05) is 16.9 Å². The van der Waals surface area contributed by atoms with Crippen LogP contribution in [0.2, 0.25) is 0 Å². The Kier molecular flexibility index (Phi) is 7.62. The second-order valence-electron chi connectivity index (χ2n) is 8.23. The molecule has 1 heterocycles. The van der Waals surface area contributed by atoms with Crippen molar-refractivity contribution in [3.8, 4) is 17.1 Å². The number of para-hydroxylation sites is 1. The number of nitrogens with zero attached hydrogens (tertiary/aromatic N) is 3. The lowest BCUT2D eigenvalue weighted by atomic mass is 10.1. The minimum Gasteiger partial charge on any atom is -0.346 e. The third-order valence-corrected chi connectivity index (χ3v) is 6.33. The van der Waals surface area contributed by atoms with E-state index in [0.29, 0.717) is 11.0 Å². The number of hydrogen-bond donors (Lipinski definition) is 2. The van der Waals surface area contributed by atoms with Gasteiger partial charge in [0.1, 0.15) is 0 Å². The van der Waals surface area contributed by atoms with Crippen LogP contribution in [0.4, 0.5) is 5.69 Å². The number of carbonyl (C=O) groups is 2. The molecule has 7 nitrogen and oxygen atoms in total. The Bertz CT molecular complexity index is 1310. The number of benzene rings is 3. The lowest BCUT2D eigenvalue weighted by molar-refractivity contribution is -0.122. The van der Waals surface area contributed by atoms with Crippen molar-refractivity contribution in [2.24, 2.45) is 0 Å². The monoisotopic (exact) mass is 485 g/mol. The van der Waals surface area contributed by atoms with E-state index in [9.17, 15) is 9.59 Å². The van der Waals surface area contributed by atoms with Crippen molar-refractivity contribution >= 4 is 29.3 Å². The molecule has 4 aromatic rings. The lowest BCUT2D eigenvalue weighted by Gasteiger charge is -2.13. The molecular weight excluding hydrogens is 458 g/mol. The Balaban J connectivity index is 1.40. The zero-order valence-electron chi connectivity index (χ0n) is 19.9. The molecule has 35 heavy (non-hydrogen) atoms. The molecule has 0 aliphatic carbocycles. The predicted molar refractivity (Wildman–Crippen MR) is 140 cm³/mol. The summed E-state index contributed by atoms with van der Waals surface area (Å²) in [6, 6.07) is 23.6. The maximum atomic E-state index is 12.5. The first-order valence-corrected chi connectivity index (χ1v) is 12.2. The molecule has 0 atom stereocenters. The van der Waals surface area contributed by atoms with Gasteiger partial charge in [0.25, 0.3) is 0 Å². The van der Waals surface area contributed by atoms with E-state index in [0.717, 1.165) is 33.6 Å². The summed E-state index contributed by atoms with van der Waals surface area (Å²) in [6.45, 7) is 5.83. The fraction of sp³-hybridized carbons (Fsp3) is 0.185. The van der Waals surface area contributed by atoms with Crippen LogP contribution in [-0.2, 0) is 9.59 Å². The van der Waals surface area contributed by atoms with Crippen molar-refractivity contribution in [3.63, 3.8) is 0 Å². The number of hydrogen-bond acceptors (Lipinski definition) is 5. The lowest BCUT2D eigenvalue weighted by Crippen LogP contribution is -2.34. The Morgan fingerprint density at radius 1 is 0.857 bits per heavy atom. The molecule has 0 saturated heterocycles. The van der Waals surface area contributed by atoms with Crippen molar-refractivity contribution in [2.75, 3.05) is 17.6 Å². The van der Waals surface area contributed by atoms with E-state index >= 15 is 0 Å². The van der Waals surface area contributed by atoms with Gasteiger partial charge >= 0.3 is 0 Å². The zero-order valence-corrected chi connectivity index (χ0v) is 20.7. The van der Waals surface area contributed by atoms with Gasteiger partial charge in [-0.1, -0.05) is 78.0 Å². The van der Waals surface area contributed by atoms with Gasteiger partial charge in [0.2, 0.25) is 11.8 Å². The van der Waals surface area contributed by atoms with Crippen molar-refractivity contribution in [2.45, 2.75) is 25.9 Å². The fourth-order valence-corrected chi connectivity index (χ4v) is 4.65. The van der Waals surface area contributed by atoms with Crippen LogP contribution < -0.4 is 10.6 Å². The highest BCUT2D eigenvalue weighted by Gasteiger charge is 2.17. The Morgan fingerprint density at radius 3 is 2.14 bits per heavy atom. The van der Waals surface area contributed by atoms with Crippen molar-refractivity contribution in [1.29, 1.82) is 0 Å². The van der Waals surface area contributed by atoms with Crippen LogP contribution in [0, 0.1) is 20.8 Å². The molecule has 8 heteroatoms. The summed E-state index contributed by atoms with van der Waals surface area (Å²) in [5.74, 6) is 0.279. The summed E-state index contributed by atoms with van der Waals surface area (Å²) < 4.78 is 1.93. The van der Waals surface area contributed by atoms with Gasteiger partial charge < -0.3 is 10.6 Å². The second kappa shape index (κ2) is 11.0. The fourth-order valence-electron chi connectivity index (χ4n) is 3.87. The number of anilines is 1. The van der Waals surface area contributed by atoms with Gasteiger partial charge in [0.15, 0.2) is 11.0 Å². The summed E-state index contributed by atoms with van der Waals surface area (Å²) in [6.07, 6.45) is 0. The average molecular weight is 486 g/mol. The highest BCUT2D eigenvalue weighted by atomic mass is 32.2. The average Bonchev–Trinajstić information content (AvgIpc) is 3.29. The first kappa shape index (κ1) is 24.2. The third kappa shape index (κ3) is 5.96. The molecule has 2 amide bonds. The van der Waals surface area contributed by atoms with Gasteiger partial charge in [-0.05, 0) is 44.0 Å². The van der Waals surface area contributed by atoms with Gasteiger partial charge in [-0.15, -0.1) is 10.2 Å². The summed E-state index contributed by atoms with van der Waals surface area (Å²) >= 11 is 1.27. The third-order valence-electron chi connectivity index (χ3n) is 5.40. The summed E-state index contributed by atoms with van der Waals surface area (Å²) in [5, 5.41) is 14.9. The molecule has 0 fully saturated rings. The predicted octanol–water partition coefficient (Wildman–Crippen LogP) is 4.71. The second-order valence-corrected chi connectivity index (χ2v) is 9.17. The quantitative estimate of drug-likeness (QED) is 0.353. The molecule has 2 N–H and O–H groups in total. The molecule has 0 radical (unpaired) electrons. The van der Waals surface area contributed by atoms with E-state index in [1.807, 2.05) is 98.1 Å². The minimum absolute atomic E-state index is 0.104. The van der Waals surface area contributed by atoms with E-state index in [1.165, 1.54) is 11.8 Å². The molecule has 1 aromatic heterocycles. The van der Waals surface area contributed by atoms with Gasteiger partial charge in [-0.3, -0.25) is 14.2 Å². The number of rotatable bonds is 8. The van der Waals surface area contributed by atoms with Crippen LogP contribution in [0.5, 0.6) is 0 Å². The summed E-state index contributed by atoms with van der Waals surface area (Å²) in [5.41, 5.74) is 5.75. The van der Waals surface area contributed by atoms with Crippen LogP contribution in [0.25, 0.3) is 17.1 Å². The number of carbonyl (C=O) groups excluding carboxylic acids is 2. The molecule has 0 bridgehead atoms. The smallest absolute Gasteiger partial charge is 0.243 e. The Morgan fingerprint density at radius 2 is 1.49 bits per heavy atom. The first-order valence-electron chi connectivity index (χ1n) is 11.3. The Labute approximate surface area is 209 Å². The van der Waals surface area contributed by atoms with Gasteiger partial charge in [-0.25, -0.2) is 0 Å². The van der Waals surface area contributed by atoms with E-state index in [1.54, 1.807) is 0 Å². The normalized spacial score (nSPS) is 10.7. The number of aromatic nitrogens is 3. The molecule has 0 aliphatic rings. The van der Waals surface area contributed by atoms with Crippen LogP contribution in [0.3, 0.4) is 0 Å². The van der Waals surface area contributed by atoms with E-state index in [-0.39, 0.29) is 24.1 Å². The molecular formula is C27H27N5O2S. The number of amides is 2. The molecule has 0 saturated carbocycles. The number of aryl methyl sites for hydroxylation is 3. The maximum Gasteiger partial charge on any atom is 0.243 e. The highest BCUT2D eigenvalue weighted by Crippen LogP contribution is 2.27. The minimum atomic E-state index is -0.266. The molecule has 3 aromatic carbocycles. The highest BCUT2D eigenvalue weighted by molar-refractivity contribution is 7.99. The zero-order chi connectivity index (χ0) is 24.8. The van der Waals surface area contributed by atoms with Crippen LogP contribution in [-0.4, -0.2) is 38.9 Å². The van der Waals surface area contributed by atoms with Crippen molar-refractivity contribution in [3.05, 3.63) is 89.5 Å². The largest absolute Gasteiger partial charge is 0.346 e. The van der Waals surface area contributed by atoms with Crippen LogP contribution in [0.1, 0.15) is 16.7 Å². The molecule has 0 unspecified atom stereocenters. The van der Waals surface area contributed by atoms with Crippen molar-refractivity contribution in [1.82, 2.24) is 20.1 Å². The van der Waals surface area contributed by atoms with E-state index in [2.05, 4.69) is 20.8 Å². The maximum absolute atomic E-state index is 12.5. The van der Waals surface area contributed by atoms with Crippen LogP contribution >= 0.6 is 11.8 Å². The summed E-state index contributed by atoms with van der Waals surface area (Å²) in [4.78, 5) is 24.9. The molecule has 0 spiro atoms. The molecule has 0 aliphatic heterocycles. The van der Waals surface area contributed by atoms with Crippen LogP contribution in [0.15, 0.2) is 78.0 Å². The standard InChI is InChI=1S/C27H27N5O2S/c1-18-14-19(2)25(20(3)15-18)29-23(33)16-28-24(34)17-35-27-31-30-26(21-10-6-4-7-11-21)32(27)22-12-8-5-9-13-22/h4-15H,16-17H2,1-3H3,(H,28,34)(H,29,33). The Hall–Kier alpha value is -3.91. The van der Waals surface area contributed by atoms with Gasteiger partial charge in [-0.2, -0.15) is 0 Å². The number of thioether (sulfide) groups is 1. The summed E-state index contributed by atoms with van der Waals surface area (Å²) in [7, 11) is 0. The number of nitrogens with one attached hydrogen (secondary N) is 2. The SMILES string of the molecule is Cc1cc(C)c(NC(=O)CNC(=O)CSc2nnc(-c3ccccc3)n2-c2ccccc2)c(C)c1. The van der Waals surface area contributed by atoms with E-state index in [4.69, 9.17) is 0 Å². The van der Waals surface area contributed by atoms with Crippen molar-refractivity contribution < 1.29 is 9.59 Å². The molecule has 178 valence electrons. The first-order chi connectivity index (χ1) is 16.9. The molecule has 4 rings (SSSR count). The van der Waals surface area contributed by atoms with E-state index < -0.39 is 0 Å². The topological polar surface area (TPSA) is 88.9 Å².